The lowest BCUT2D eigenvalue weighted by Gasteiger charge is -2.20. The number of rotatable bonds is 7. The summed E-state index contributed by atoms with van der Waals surface area (Å²) in [6.07, 6.45) is 2.99. The van der Waals surface area contributed by atoms with Crippen LogP contribution >= 0.6 is 0 Å². The number of aryl methyl sites for hydroxylation is 1. The first-order valence-electron chi connectivity index (χ1n) is 6.83. The van der Waals surface area contributed by atoms with Gasteiger partial charge in [0.05, 0.1) is 12.3 Å². The quantitative estimate of drug-likeness (QED) is 0.851. The normalized spacial score (nSPS) is 12.9. The summed E-state index contributed by atoms with van der Waals surface area (Å²) < 4.78 is 30.2. The molecule has 1 heterocycles. The van der Waals surface area contributed by atoms with Gasteiger partial charge in [-0.3, -0.25) is 9.58 Å². The van der Waals surface area contributed by atoms with E-state index in [1.807, 2.05) is 25.2 Å². The van der Waals surface area contributed by atoms with Crippen LogP contribution in [-0.4, -0.2) is 40.0 Å². The van der Waals surface area contributed by atoms with Gasteiger partial charge in [0.25, 0.3) is 0 Å². The predicted octanol–water partition coefficient (Wildman–Crippen LogP) is 2.19. The molecule has 2 rings (SSSR count). The molecule has 0 bridgehead atoms. The molecule has 0 aliphatic carbocycles. The number of aliphatic hydroxyl groups excluding tert-OH is 1. The van der Waals surface area contributed by atoms with Gasteiger partial charge in [0.1, 0.15) is 5.75 Å². The van der Waals surface area contributed by atoms with E-state index in [9.17, 15) is 13.9 Å². The first kappa shape index (κ1) is 16.4. The van der Waals surface area contributed by atoms with E-state index in [1.54, 1.807) is 23.0 Å². The van der Waals surface area contributed by atoms with E-state index in [4.69, 9.17) is 0 Å². The average molecular weight is 311 g/mol. The van der Waals surface area contributed by atoms with Gasteiger partial charge in [-0.25, -0.2) is 0 Å². The maximum absolute atomic E-state index is 12.1. The molecule has 22 heavy (non-hydrogen) atoms. The van der Waals surface area contributed by atoms with Gasteiger partial charge in [0, 0.05) is 31.9 Å². The fourth-order valence-electron chi connectivity index (χ4n) is 2.20. The maximum Gasteiger partial charge on any atom is 0.387 e. The topological polar surface area (TPSA) is 50.5 Å². The van der Waals surface area contributed by atoms with Gasteiger partial charge in [0.15, 0.2) is 0 Å². The van der Waals surface area contributed by atoms with Crippen molar-refractivity contribution in [3.63, 3.8) is 0 Å². The molecule has 0 aliphatic rings. The number of aromatic nitrogens is 2. The first-order chi connectivity index (χ1) is 10.4. The lowest BCUT2D eigenvalue weighted by atomic mass is 10.1. The lowest BCUT2D eigenvalue weighted by molar-refractivity contribution is -0.0498. The fraction of sp³-hybridized carbons (Fsp3) is 0.400. The second kappa shape index (κ2) is 7.33. The minimum atomic E-state index is -2.85. The average Bonchev–Trinajstić information content (AvgIpc) is 2.83. The number of hydrogen-bond donors (Lipinski definition) is 1. The summed E-state index contributed by atoms with van der Waals surface area (Å²) in [4.78, 5) is 1.96. The Bertz CT molecular complexity index is 587. The van der Waals surface area contributed by atoms with Crippen LogP contribution in [0.5, 0.6) is 5.75 Å². The van der Waals surface area contributed by atoms with Crippen LogP contribution in [0.3, 0.4) is 0 Å². The van der Waals surface area contributed by atoms with Gasteiger partial charge in [-0.15, -0.1) is 0 Å². The van der Waals surface area contributed by atoms with E-state index >= 15 is 0 Å². The summed E-state index contributed by atoms with van der Waals surface area (Å²) in [6, 6.07) is 6.01. The van der Waals surface area contributed by atoms with Crippen LogP contribution in [0.25, 0.3) is 0 Å². The zero-order valence-corrected chi connectivity index (χ0v) is 12.5. The molecule has 0 spiro atoms. The van der Waals surface area contributed by atoms with E-state index < -0.39 is 12.7 Å². The monoisotopic (exact) mass is 311 g/mol. The number of ether oxygens (including phenoxy) is 1. The second-order valence-electron chi connectivity index (χ2n) is 5.18. The Labute approximate surface area is 127 Å². The van der Waals surface area contributed by atoms with Crippen molar-refractivity contribution in [3.05, 3.63) is 47.8 Å². The van der Waals surface area contributed by atoms with Gasteiger partial charge < -0.3 is 9.84 Å². The van der Waals surface area contributed by atoms with E-state index in [0.717, 1.165) is 5.56 Å². The van der Waals surface area contributed by atoms with Gasteiger partial charge in [0.2, 0.25) is 0 Å². The van der Waals surface area contributed by atoms with Crippen molar-refractivity contribution in [1.29, 1.82) is 0 Å². The van der Waals surface area contributed by atoms with E-state index in [2.05, 4.69) is 9.84 Å². The molecule has 0 radical (unpaired) electrons. The Morgan fingerprint density at radius 1 is 1.32 bits per heavy atom. The molecule has 1 aromatic carbocycles. The summed E-state index contributed by atoms with van der Waals surface area (Å²) in [5.41, 5.74) is 1.71. The number of nitrogens with zero attached hydrogens (tertiary/aromatic N) is 3. The number of hydrogen-bond acceptors (Lipinski definition) is 4. The third-order valence-electron chi connectivity index (χ3n) is 3.19. The lowest BCUT2D eigenvalue weighted by Crippen LogP contribution is -2.24. The van der Waals surface area contributed by atoms with Crippen molar-refractivity contribution in [3.8, 4) is 5.75 Å². The Balaban J connectivity index is 1.89. The van der Waals surface area contributed by atoms with Crippen LogP contribution in [0.1, 0.15) is 17.2 Å². The number of likely N-dealkylation sites (N-methyl/N-ethyl adjacent to an activating group) is 1. The third-order valence-corrected chi connectivity index (χ3v) is 3.19. The molecule has 120 valence electrons. The Hall–Kier alpha value is -1.99. The number of benzene rings is 1. The number of alkyl halides is 2. The van der Waals surface area contributed by atoms with Crippen molar-refractivity contribution in [2.24, 2.45) is 7.05 Å². The van der Waals surface area contributed by atoms with Crippen LogP contribution in [0.4, 0.5) is 8.78 Å². The van der Waals surface area contributed by atoms with Crippen LogP contribution in [0, 0.1) is 0 Å². The van der Waals surface area contributed by atoms with Crippen LogP contribution in [0.15, 0.2) is 36.7 Å². The zero-order valence-electron chi connectivity index (χ0n) is 12.5. The molecule has 0 amide bonds. The van der Waals surface area contributed by atoms with Crippen molar-refractivity contribution in [2.75, 3.05) is 13.6 Å². The predicted molar refractivity (Wildman–Crippen MR) is 77.6 cm³/mol. The zero-order chi connectivity index (χ0) is 16.1. The Morgan fingerprint density at radius 2 is 2.00 bits per heavy atom. The van der Waals surface area contributed by atoms with Crippen molar-refractivity contribution < 1.29 is 18.6 Å². The molecule has 7 heteroatoms. The smallest absolute Gasteiger partial charge is 0.387 e. The SMILES string of the molecule is CN(Cc1cnn(C)c1)CC(O)c1ccc(OC(F)F)cc1. The summed E-state index contributed by atoms with van der Waals surface area (Å²) in [6.45, 7) is -1.76. The highest BCUT2D eigenvalue weighted by atomic mass is 19.3. The van der Waals surface area contributed by atoms with Gasteiger partial charge in [-0.2, -0.15) is 13.9 Å². The molecule has 2 aromatic rings. The Morgan fingerprint density at radius 3 is 2.55 bits per heavy atom. The molecule has 1 N–H and O–H groups in total. The minimum Gasteiger partial charge on any atom is -0.435 e. The molecular formula is C15H19F2N3O2. The largest absolute Gasteiger partial charge is 0.435 e. The summed E-state index contributed by atoms with van der Waals surface area (Å²) >= 11 is 0. The van der Waals surface area contributed by atoms with Crippen LogP contribution in [-0.2, 0) is 13.6 Å². The van der Waals surface area contributed by atoms with Gasteiger partial charge >= 0.3 is 6.61 Å². The molecule has 1 atom stereocenters. The van der Waals surface area contributed by atoms with Crippen LogP contribution < -0.4 is 4.74 Å². The second-order valence-corrected chi connectivity index (χ2v) is 5.18. The summed E-state index contributed by atoms with van der Waals surface area (Å²) in [5, 5.41) is 14.3. The fourth-order valence-corrected chi connectivity index (χ4v) is 2.20. The summed E-state index contributed by atoms with van der Waals surface area (Å²) in [7, 11) is 3.74. The highest BCUT2D eigenvalue weighted by Gasteiger charge is 2.12. The molecule has 1 aromatic heterocycles. The molecule has 0 fully saturated rings. The number of aliphatic hydroxyl groups is 1. The molecule has 0 saturated heterocycles. The highest BCUT2D eigenvalue weighted by molar-refractivity contribution is 5.28. The van der Waals surface area contributed by atoms with Gasteiger partial charge in [-0.05, 0) is 24.7 Å². The molecule has 0 saturated carbocycles. The standard InChI is InChI=1S/C15H19F2N3O2/c1-19(8-11-7-18-20(2)9-11)10-14(21)12-3-5-13(6-4-12)22-15(16)17/h3-7,9,14-15,21H,8,10H2,1-2H3. The first-order valence-corrected chi connectivity index (χ1v) is 6.83. The van der Waals surface area contributed by atoms with E-state index in [1.165, 1.54) is 12.1 Å². The maximum atomic E-state index is 12.1. The molecule has 5 nitrogen and oxygen atoms in total. The minimum absolute atomic E-state index is 0.0784. The molecular weight excluding hydrogens is 292 g/mol. The van der Waals surface area contributed by atoms with Crippen molar-refractivity contribution in [2.45, 2.75) is 19.3 Å². The van der Waals surface area contributed by atoms with E-state index in [-0.39, 0.29) is 5.75 Å². The Kier molecular flexibility index (Phi) is 5.46. The third kappa shape index (κ3) is 4.78. The van der Waals surface area contributed by atoms with Crippen LogP contribution in [0.2, 0.25) is 0 Å². The summed E-state index contributed by atoms with van der Waals surface area (Å²) in [5.74, 6) is 0.0784. The highest BCUT2D eigenvalue weighted by Crippen LogP contribution is 2.20. The van der Waals surface area contributed by atoms with Crippen molar-refractivity contribution >= 4 is 0 Å². The molecule has 0 aliphatic heterocycles. The van der Waals surface area contributed by atoms with Gasteiger partial charge in [-0.1, -0.05) is 12.1 Å². The van der Waals surface area contributed by atoms with E-state index in [0.29, 0.717) is 18.7 Å². The molecule has 1 unspecified atom stereocenters. The number of halogens is 2. The van der Waals surface area contributed by atoms with Crippen molar-refractivity contribution in [1.82, 2.24) is 14.7 Å².